The van der Waals surface area contributed by atoms with Gasteiger partial charge in [0.05, 0.1) is 25.8 Å². The molecule has 4 N–H and O–H groups in total. The summed E-state index contributed by atoms with van der Waals surface area (Å²) in [6, 6.07) is 9.88. The Morgan fingerprint density at radius 1 is 1.13 bits per heavy atom. The lowest BCUT2D eigenvalue weighted by Gasteiger charge is -2.29. The Balaban J connectivity index is 0.00000160. The van der Waals surface area contributed by atoms with Crippen molar-refractivity contribution < 1.29 is 25.2 Å². The number of carbonyl (C=O) groups excluding carboxylic acids is 1. The molecule has 1 amide bonds. The lowest BCUT2D eigenvalue weighted by molar-refractivity contribution is -0.138. The number of carbonyl (C=O) groups is 1. The molecule has 1 aliphatic heterocycles. The van der Waals surface area contributed by atoms with Gasteiger partial charge in [0.2, 0.25) is 5.91 Å². The number of methoxy groups -OCH3 is 1. The fourth-order valence-corrected chi connectivity index (χ4v) is 4.12. The van der Waals surface area contributed by atoms with E-state index in [1.54, 1.807) is 24.5 Å². The molecule has 172 valence electrons. The van der Waals surface area contributed by atoms with E-state index in [0.29, 0.717) is 13.0 Å². The van der Waals surface area contributed by atoms with Crippen LogP contribution < -0.4 is 9.47 Å². The fraction of sp³-hybridized carbons (Fsp3) is 0.455. The van der Waals surface area contributed by atoms with Crippen molar-refractivity contribution in [3.05, 3.63) is 53.9 Å². The van der Waals surface area contributed by atoms with Crippen molar-refractivity contribution in [3.63, 3.8) is 0 Å². The van der Waals surface area contributed by atoms with Crippen LogP contribution in [0.5, 0.6) is 11.5 Å². The van der Waals surface area contributed by atoms with Crippen LogP contribution in [0.4, 0.5) is 0 Å². The van der Waals surface area contributed by atoms with E-state index in [1.165, 1.54) is 12.8 Å². The van der Waals surface area contributed by atoms with Crippen LogP contribution in [0.15, 0.2) is 42.7 Å². The minimum atomic E-state index is -0.0130. The molecular formula is C22H32ClN3O5. The van der Waals surface area contributed by atoms with Gasteiger partial charge < -0.3 is 20.4 Å². The third-order valence-corrected chi connectivity index (χ3v) is 5.71. The van der Waals surface area contributed by atoms with Gasteiger partial charge >= 0.3 is 0 Å². The van der Waals surface area contributed by atoms with Crippen LogP contribution in [0.2, 0.25) is 0 Å². The van der Waals surface area contributed by atoms with E-state index in [4.69, 9.17) is 9.47 Å². The predicted octanol–water partition coefficient (Wildman–Crippen LogP) is 2.50. The Labute approximate surface area is 189 Å². The first-order chi connectivity index (χ1) is 13.7. The number of rotatable bonds is 6. The van der Waals surface area contributed by atoms with Crippen molar-refractivity contribution in [1.29, 1.82) is 0 Å². The van der Waals surface area contributed by atoms with E-state index >= 15 is 0 Å². The standard InChI is InChI=1S/C22H27N3O3.ClH.2H2O/c1-24-19(13-22(26)25(24)15-16-6-5-11-23-14-16)17-9-10-20(27-2)21(12-17)28-18-7-3-4-8-18;;;/h5-6,9-12,14,18-19H,3-4,7-8,13,15H2,1-2H3;1H;2*1H2. The molecule has 31 heavy (non-hydrogen) atoms. The zero-order valence-corrected chi connectivity index (χ0v) is 18.7. The van der Waals surface area contributed by atoms with Crippen LogP contribution in [-0.2, 0) is 11.3 Å². The van der Waals surface area contributed by atoms with Gasteiger partial charge in [-0.2, -0.15) is 0 Å². The maximum atomic E-state index is 12.7. The third-order valence-electron chi connectivity index (χ3n) is 5.71. The molecule has 0 spiro atoms. The van der Waals surface area contributed by atoms with Crippen LogP contribution >= 0.6 is 12.4 Å². The molecule has 0 radical (unpaired) electrons. The van der Waals surface area contributed by atoms with Gasteiger partial charge in [-0.05, 0) is 55.0 Å². The summed E-state index contributed by atoms with van der Waals surface area (Å²) in [4.78, 5) is 16.8. The normalized spacial score (nSPS) is 18.7. The summed E-state index contributed by atoms with van der Waals surface area (Å²) >= 11 is 0. The fourth-order valence-electron chi connectivity index (χ4n) is 4.12. The molecule has 1 aliphatic carbocycles. The predicted molar refractivity (Wildman–Crippen MR) is 120 cm³/mol. The number of benzene rings is 1. The number of hydrazine groups is 1. The van der Waals surface area contributed by atoms with E-state index in [9.17, 15) is 4.79 Å². The minimum absolute atomic E-state index is 0. The summed E-state index contributed by atoms with van der Waals surface area (Å²) in [5.74, 6) is 1.64. The summed E-state index contributed by atoms with van der Waals surface area (Å²) in [7, 11) is 3.63. The van der Waals surface area contributed by atoms with Gasteiger partial charge in [-0.3, -0.25) is 14.8 Å². The Hall–Kier alpha value is -2.39. The summed E-state index contributed by atoms with van der Waals surface area (Å²) in [6.45, 7) is 0.529. The first-order valence-electron chi connectivity index (χ1n) is 9.92. The summed E-state index contributed by atoms with van der Waals surface area (Å²) in [6.07, 6.45) is 8.87. The van der Waals surface area contributed by atoms with Gasteiger partial charge in [0.15, 0.2) is 11.5 Å². The average Bonchev–Trinajstić information content (AvgIpc) is 3.32. The molecule has 2 aromatic rings. The lowest BCUT2D eigenvalue weighted by atomic mass is 10.0. The van der Waals surface area contributed by atoms with E-state index < -0.39 is 0 Å². The molecule has 1 saturated carbocycles. The van der Waals surface area contributed by atoms with Gasteiger partial charge in [0.25, 0.3) is 0 Å². The molecule has 1 unspecified atom stereocenters. The molecule has 0 bridgehead atoms. The second-order valence-electron chi connectivity index (χ2n) is 7.54. The van der Waals surface area contributed by atoms with Crippen LogP contribution in [0.3, 0.4) is 0 Å². The summed E-state index contributed by atoms with van der Waals surface area (Å²) in [5.41, 5.74) is 2.08. The number of hydrogen-bond donors (Lipinski definition) is 0. The maximum absolute atomic E-state index is 12.7. The Morgan fingerprint density at radius 3 is 2.52 bits per heavy atom. The first kappa shape index (κ1) is 26.6. The molecule has 9 heteroatoms. The van der Waals surface area contributed by atoms with Crippen LogP contribution in [0.25, 0.3) is 0 Å². The number of pyridine rings is 1. The number of aromatic nitrogens is 1. The van der Waals surface area contributed by atoms with E-state index in [2.05, 4.69) is 4.98 Å². The van der Waals surface area contributed by atoms with Gasteiger partial charge in [-0.1, -0.05) is 12.1 Å². The molecule has 1 aromatic carbocycles. The average molecular weight is 454 g/mol. The molecule has 2 fully saturated rings. The lowest BCUT2D eigenvalue weighted by Crippen LogP contribution is -2.36. The largest absolute Gasteiger partial charge is 0.493 e. The smallest absolute Gasteiger partial charge is 0.239 e. The van der Waals surface area contributed by atoms with Crippen molar-refractivity contribution in [3.8, 4) is 11.5 Å². The molecule has 2 heterocycles. The van der Waals surface area contributed by atoms with Crippen LogP contribution in [-0.4, -0.2) is 52.1 Å². The highest BCUT2D eigenvalue weighted by Crippen LogP contribution is 2.38. The Morgan fingerprint density at radius 2 is 1.87 bits per heavy atom. The van der Waals surface area contributed by atoms with Crippen molar-refractivity contribution >= 4 is 18.3 Å². The number of ether oxygens (including phenoxy) is 2. The van der Waals surface area contributed by atoms with Crippen LogP contribution in [0, 0.1) is 0 Å². The van der Waals surface area contributed by atoms with E-state index in [0.717, 1.165) is 35.5 Å². The van der Waals surface area contributed by atoms with Crippen molar-refractivity contribution in [2.45, 2.75) is 50.8 Å². The molecule has 8 nitrogen and oxygen atoms in total. The molecule has 1 aromatic heterocycles. The molecule has 1 atom stereocenters. The minimum Gasteiger partial charge on any atom is -0.493 e. The molecule has 2 aliphatic rings. The van der Waals surface area contributed by atoms with Gasteiger partial charge in [0, 0.05) is 25.9 Å². The Bertz CT molecular complexity index is 833. The van der Waals surface area contributed by atoms with Crippen LogP contribution in [0.1, 0.15) is 49.3 Å². The SMILES string of the molecule is COc1ccc(C2CC(=O)N(Cc3cccnc3)N2C)cc1OC1CCCC1.Cl.O.O. The van der Waals surface area contributed by atoms with Crippen molar-refractivity contribution in [1.82, 2.24) is 15.0 Å². The van der Waals surface area contributed by atoms with Crippen molar-refractivity contribution in [2.24, 2.45) is 0 Å². The highest BCUT2D eigenvalue weighted by molar-refractivity contribution is 5.85. The topological polar surface area (TPSA) is 118 Å². The second-order valence-corrected chi connectivity index (χ2v) is 7.54. The third kappa shape index (κ3) is 5.86. The molecule has 4 rings (SSSR count). The van der Waals surface area contributed by atoms with Gasteiger partial charge in [0.1, 0.15) is 0 Å². The number of amides is 1. The zero-order chi connectivity index (χ0) is 19.5. The van der Waals surface area contributed by atoms with E-state index in [1.807, 2.05) is 42.4 Å². The highest BCUT2D eigenvalue weighted by Gasteiger charge is 2.36. The molecular weight excluding hydrogens is 422 g/mol. The number of hydrogen-bond acceptors (Lipinski definition) is 5. The molecule has 1 saturated heterocycles. The van der Waals surface area contributed by atoms with Gasteiger partial charge in [-0.15, -0.1) is 12.4 Å². The highest BCUT2D eigenvalue weighted by atomic mass is 35.5. The number of nitrogens with zero attached hydrogens (tertiary/aromatic N) is 3. The van der Waals surface area contributed by atoms with Crippen molar-refractivity contribution in [2.75, 3.05) is 14.2 Å². The first-order valence-corrected chi connectivity index (χ1v) is 9.92. The summed E-state index contributed by atoms with van der Waals surface area (Å²) < 4.78 is 11.7. The van der Waals surface area contributed by atoms with E-state index in [-0.39, 0.29) is 41.4 Å². The summed E-state index contributed by atoms with van der Waals surface area (Å²) in [5, 5.41) is 3.82. The van der Waals surface area contributed by atoms with Gasteiger partial charge in [-0.25, -0.2) is 5.01 Å². The second kappa shape index (κ2) is 11.9. The Kier molecular flexibility index (Phi) is 10.2. The number of halogens is 1. The zero-order valence-electron chi connectivity index (χ0n) is 17.9. The maximum Gasteiger partial charge on any atom is 0.239 e. The quantitative estimate of drug-likeness (QED) is 0.665. The monoisotopic (exact) mass is 453 g/mol.